The third kappa shape index (κ3) is 4.75. The van der Waals surface area contributed by atoms with Gasteiger partial charge in [0.05, 0.1) is 14.8 Å². The normalized spacial score (nSPS) is 13.2. The molecule has 138 valence electrons. The smallest absolute Gasteiger partial charge is 0.313 e. The number of Topliss-reactive ketones (excluding diaryl/α,β-unsaturated/α-hetero) is 1. The maximum Gasteiger partial charge on any atom is 0.416 e. The maximum atomic E-state index is 12.8. The largest absolute Gasteiger partial charge is 0.416 e. The number of rotatable bonds is 3. The lowest BCUT2D eigenvalue weighted by molar-refractivity contribution is -0.137. The van der Waals surface area contributed by atoms with Crippen LogP contribution in [0.2, 0.25) is 5.02 Å². The van der Waals surface area contributed by atoms with Gasteiger partial charge in [0, 0.05) is 16.7 Å². The van der Waals surface area contributed by atoms with Gasteiger partial charge >= 0.3 is 6.18 Å². The molecule has 0 saturated carbocycles. The van der Waals surface area contributed by atoms with Crippen LogP contribution in [0.5, 0.6) is 0 Å². The van der Waals surface area contributed by atoms with Crippen LogP contribution in [0.3, 0.4) is 0 Å². The number of halogens is 4. The van der Waals surface area contributed by atoms with Gasteiger partial charge in [-0.3, -0.25) is 9.59 Å². The van der Waals surface area contributed by atoms with Gasteiger partial charge in [0.2, 0.25) is 0 Å². The van der Waals surface area contributed by atoms with Crippen LogP contribution in [-0.2, 0) is 6.18 Å². The van der Waals surface area contributed by atoms with Crippen molar-refractivity contribution in [1.29, 1.82) is 0 Å². The number of alkyl halides is 3. The fraction of sp³-hybridized carbons (Fsp3) is 0.0526. The summed E-state index contributed by atoms with van der Waals surface area (Å²) in [6.45, 7) is 0. The number of hydrogen-bond acceptors (Lipinski definition) is 3. The quantitative estimate of drug-likeness (QED) is 0.672. The molecule has 0 atom stereocenters. The van der Waals surface area contributed by atoms with Crippen LogP contribution >= 0.6 is 22.9 Å². The third-order valence-electron chi connectivity index (χ3n) is 3.58. The van der Waals surface area contributed by atoms with E-state index in [9.17, 15) is 22.8 Å². The fourth-order valence-corrected chi connectivity index (χ4v) is 3.31. The predicted molar refractivity (Wildman–Crippen MR) is 99.4 cm³/mol. The summed E-state index contributed by atoms with van der Waals surface area (Å²) in [5.74, 6) is -0.324. The first-order valence-electron chi connectivity index (χ1n) is 7.62. The summed E-state index contributed by atoms with van der Waals surface area (Å²) in [7, 11) is 0. The molecule has 3 aromatic rings. The number of aromatic amines is 1. The zero-order chi connectivity index (χ0) is 19.6. The molecule has 0 bridgehead atoms. The average Bonchev–Trinajstić information content (AvgIpc) is 2.94. The van der Waals surface area contributed by atoms with E-state index in [0.29, 0.717) is 15.2 Å². The number of hydrogen-bond donors (Lipinski definition) is 1. The van der Waals surface area contributed by atoms with Gasteiger partial charge in [-0.25, -0.2) is 0 Å². The van der Waals surface area contributed by atoms with Crippen molar-refractivity contribution < 1.29 is 18.0 Å². The highest BCUT2D eigenvalue weighted by molar-refractivity contribution is 7.07. The summed E-state index contributed by atoms with van der Waals surface area (Å²) in [5.41, 5.74) is -0.633. The second kappa shape index (κ2) is 7.54. The highest BCUT2D eigenvalue weighted by atomic mass is 35.5. The van der Waals surface area contributed by atoms with E-state index in [4.69, 9.17) is 11.6 Å². The molecule has 3 rings (SSSR count). The number of ketones is 1. The molecule has 1 aromatic heterocycles. The van der Waals surface area contributed by atoms with Gasteiger partial charge in [0.1, 0.15) is 0 Å². The number of nitrogens with one attached hydrogen (secondary N) is 1. The molecule has 0 unspecified atom stereocenters. The van der Waals surface area contributed by atoms with Gasteiger partial charge in [-0.2, -0.15) is 13.2 Å². The van der Waals surface area contributed by atoms with E-state index in [1.54, 1.807) is 24.3 Å². The number of H-pyrrole nitrogens is 1. The Morgan fingerprint density at radius 1 is 1.11 bits per heavy atom. The SMILES string of the molecule is O=C(/C=c1/[nH]c(=O)/c(=C/c2cccc(C(F)(F)F)c2)s1)c1ccc(Cl)cc1. The molecule has 0 saturated heterocycles. The molecule has 27 heavy (non-hydrogen) atoms. The van der Waals surface area contributed by atoms with E-state index < -0.39 is 17.3 Å². The Labute approximate surface area is 160 Å². The number of carbonyl (C=O) groups is 1. The summed E-state index contributed by atoms with van der Waals surface area (Å²) < 4.78 is 38.9. The summed E-state index contributed by atoms with van der Waals surface area (Å²) in [5, 5.41) is 0.494. The van der Waals surface area contributed by atoms with Gasteiger partial charge in [-0.15, -0.1) is 11.3 Å². The molecule has 8 heteroatoms. The molecule has 1 N–H and O–H groups in total. The van der Waals surface area contributed by atoms with Crippen LogP contribution in [0.25, 0.3) is 12.2 Å². The Hall–Kier alpha value is -2.64. The van der Waals surface area contributed by atoms with Gasteiger partial charge in [0.15, 0.2) is 5.78 Å². The van der Waals surface area contributed by atoms with Gasteiger partial charge in [0.25, 0.3) is 5.56 Å². The Balaban J connectivity index is 1.97. The highest BCUT2D eigenvalue weighted by Gasteiger charge is 2.30. The van der Waals surface area contributed by atoms with Gasteiger partial charge in [-0.1, -0.05) is 23.7 Å². The predicted octanol–water partition coefficient (Wildman–Crippen LogP) is 3.60. The molecular weight excluding hydrogens is 399 g/mol. The molecule has 0 radical (unpaired) electrons. The molecule has 1 heterocycles. The van der Waals surface area contributed by atoms with Crippen molar-refractivity contribution in [3.05, 3.63) is 89.8 Å². The topological polar surface area (TPSA) is 49.9 Å². The van der Waals surface area contributed by atoms with Crippen molar-refractivity contribution in [3.8, 4) is 0 Å². The number of thiazole rings is 1. The van der Waals surface area contributed by atoms with Gasteiger partial charge < -0.3 is 4.98 Å². The summed E-state index contributed by atoms with van der Waals surface area (Å²) in [4.78, 5) is 26.8. The molecule has 0 aliphatic heterocycles. The Kier molecular flexibility index (Phi) is 5.34. The minimum atomic E-state index is -4.46. The van der Waals surface area contributed by atoms with E-state index in [2.05, 4.69) is 4.98 Å². The molecule has 2 aromatic carbocycles. The van der Waals surface area contributed by atoms with Crippen LogP contribution in [0, 0.1) is 0 Å². The van der Waals surface area contributed by atoms with Crippen molar-refractivity contribution >= 4 is 40.9 Å². The minimum absolute atomic E-state index is 0.199. The van der Waals surface area contributed by atoms with Crippen LogP contribution < -0.4 is 14.8 Å². The fourth-order valence-electron chi connectivity index (χ4n) is 2.30. The van der Waals surface area contributed by atoms with Crippen molar-refractivity contribution in [2.75, 3.05) is 0 Å². The number of carbonyl (C=O) groups excluding carboxylic acids is 1. The Morgan fingerprint density at radius 2 is 1.81 bits per heavy atom. The zero-order valence-corrected chi connectivity index (χ0v) is 15.1. The van der Waals surface area contributed by atoms with E-state index in [1.807, 2.05) is 0 Å². The second-order valence-corrected chi connectivity index (χ2v) is 7.09. The van der Waals surface area contributed by atoms with Crippen LogP contribution in [-0.4, -0.2) is 10.8 Å². The minimum Gasteiger partial charge on any atom is -0.313 e. The van der Waals surface area contributed by atoms with Crippen molar-refractivity contribution in [2.45, 2.75) is 6.18 Å². The van der Waals surface area contributed by atoms with Gasteiger partial charge in [-0.05, 0) is 48.0 Å². The zero-order valence-electron chi connectivity index (χ0n) is 13.5. The highest BCUT2D eigenvalue weighted by Crippen LogP contribution is 2.29. The van der Waals surface area contributed by atoms with Crippen molar-refractivity contribution in [3.63, 3.8) is 0 Å². The first kappa shape index (κ1) is 19.1. The Bertz CT molecular complexity index is 1160. The lowest BCUT2D eigenvalue weighted by Crippen LogP contribution is -2.20. The maximum absolute atomic E-state index is 12.8. The van der Waals surface area contributed by atoms with Crippen LogP contribution in [0.1, 0.15) is 21.5 Å². The van der Waals surface area contributed by atoms with E-state index >= 15 is 0 Å². The molecule has 0 spiro atoms. The third-order valence-corrected chi connectivity index (χ3v) is 4.80. The van der Waals surface area contributed by atoms with Crippen molar-refractivity contribution in [1.82, 2.24) is 4.98 Å². The first-order chi connectivity index (χ1) is 12.7. The van der Waals surface area contributed by atoms with Crippen LogP contribution in [0.15, 0.2) is 53.3 Å². The molecule has 0 amide bonds. The van der Waals surface area contributed by atoms with E-state index in [0.717, 1.165) is 23.5 Å². The average molecular weight is 410 g/mol. The summed E-state index contributed by atoms with van der Waals surface area (Å²) >= 11 is 6.76. The number of aromatic nitrogens is 1. The van der Waals surface area contributed by atoms with E-state index in [1.165, 1.54) is 24.3 Å². The summed E-state index contributed by atoms with van der Waals surface area (Å²) in [6.07, 6.45) is -1.85. The van der Waals surface area contributed by atoms with E-state index in [-0.39, 0.29) is 15.9 Å². The molecular formula is C19H11ClF3NO2S. The first-order valence-corrected chi connectivity index (χ1v) is 8.81. The van der Waals surface area contributed by atoms with Crippen molar-refractivity contribution in [2.24, 2.45) is 0 Å². The molecule has 3 nitrogen and oxygen atoms in total. The second-order valence-electron chi connectivity index (χ2n) is 5.57. The lowest BCUT2D eigenvalue weighted by atomic mass is 10.1. The lowest BCUT2D eigenvalue weighted by Gasteiger charge is -2.06. The molecule has 0 aliphatic carbocycles. The molecule has 0 fully saturated rings. The van der Waals surface area contributed by atoms with Crippen LogP contribution in [0.4, 0.5) is 13.2 Å². The monoisotopic (exact) mass is 409 g/mol. The standard InChI is InChI=1S/C19H11ClF3NO2S/c20-14-6-4-12(5-7-14)15(25)10-17-24-18(26)16(27-17)9-11-2-1-3-13(8-11)19(21,22)23/h1-10H,(H,24,26)/b16-9-,17-10-. The number of benzene rings is 2. The molecule has 0 aliphatic rings. The Morgan fingerprint density at radius 3 is 2.48 bits per heavy atom. The summed E-state index contributed by atoms with van der Waals surface area (Å²) in [6, 6.07) is 10.9.